The first-order chi connectivity index (χ1) is 9.63. The molecule has 1 unspecified atom stereocenters. The van der Waals surface area contributed by atoms with E-state index in [4.69, 9.17) is 0 Å². The van der Waals surface area contributed by atoms with Crippen molar-refractivity contribution in [3.8, 4) is 0 Å². The second-order valence-corrected chi connectivity index (χ2v) is 6.44. The molecular weight excluding hydrogens is 268 g/mol. The molecule has 0 aliphatic carbocycles. The molecule has 20 heavy (non-hydrogen) atoms. The van der Waals surface area contributed by atoms with Crippen LogP contribution in [0.15, 0.2) is 18.5 Å². The fraction of sp³-hybridized carbons (Fsp3) is 0.600. The van der Waals surface area contributed by atoms with E-state index in [0.717, 1.165) is 30.1 Å². The van der Waals surface area contributed by atoms with E-state index in [9.17, 15) is 0 Å². The minimum Gasteiger partial charge on any atom is -0.302 e. The first kappa shape index (κ1) is 15.2. The van der Waals surface area contributed by atoms with Gasteiger partial charge in [0.25, 0.3) is 0 Å². The highest BCUT2D eigenvalue weighted by molar-refractivity contribution is 7.11. The zero-order chi connectivity index (χ0) is 14.5. The van der Waals surface area contributed by atoms with Gasteiger partial charge in [-0.1, -0.05) is 13.8 Å². The van der Waals surface area contributed by atoms with Crippen molar-refractivity contribution in [1.29, 1.82) is 0 Å². The first-order valence-corrected chi connectivity index (χ1v) is 8.15. The highest BCUT2D eigenvalue weighted by Gasteiger charge is 2.11. The Morgan fingerprint density at radius 1 is 1.35 bits per heavy atom. The molecule has 4 nitrogen and oxygen atoms in total. The third kappa shape index (κ3) is 3.67. The molecule has 0 amide bonds. The van der Waals surface area contributed by atoms with Crippen LogP contribution in [0.1, 0.15) is 61.3 Å². The van der Waals surface area contributed by atoms with E-state index < -0.39 is 0 Å². The normalized spacial score (nSPS) is 13.1. The Kier molecular flexibility index (Phi) is 5.31. The molecule has 2 heterocycles. The molecule has 2 aromatic heterocycles. The van der Waals surface area contributed by atoms with Crippen molar-refractivity contribution in [3.63, 3.8) is 0 Å². The van der Waals surface area contributed by atoms with Crippen molar-refractivity contribution >= 4 is 11.3 Å². The number of aromatic nitrogens is 3. The maximum atomic E-state index is 4.66. The molecule has 0 aliphatic rings. The lowest BCUT2D eigenvalue weighted by atomic mass is 10.2. The standard InChI is InChI=1S/C15H24N4S/c1-5-14(6-2)19-8-7-13(18-19)10-16-12(4)15-17-9-11(3)20-15/h7-9,12,14,16H,5-6,10H2,1-4H3. The molecule has 0 bridgehead atoms. The second kappa shape index (κ2) is 6.99. The lowest BCUT2D eigenvalue weighted by Crippen LogP contribution is -2.18. The average Bonchev–Trinajstić information content (AvgIpc) is 3.07. The van der Waals surface area contributed by atoms with Crippen LogP contribution in [0.5, 0.6) is 0 Å². The molecule has 2 aromatic rings. The molecule has 1 atom stereocenters. The van der Waals surface area contributed by atoms with Crippen LogP contribution in [-0.2, 0) is 6.54 Å². The summed E-state index contributed by atoms with van der Waals surface area (Å²) in [7, 11) is 0. The summed E-state index contributed by atoms with van der Waals surface area (Å²) in [4.78, 5) is 5.67. The van der Waals surface area contributed by atoms with Crippen molar-refractivity contribution in [2.75, 3.05) is 0 Å². The van der Waals surface area contributed by atoms with Gasteiger partial charge >= 0.3 is 0 Å². The number of hydrogen-bond donors (Lipinski definition) is 1. The van der Waals surface area contributed by atoms with E-state index in [-0.39, 0.29) is 6.04 Å². The summed E-state index contributed by atoms with van der Waals surface area (Å²) >= 11 is 1.75. The highest BCUT2D eigenvalue weighted by Crippen LogP contribution is 2.19. The Hall–Kier alpha value is -1.20. The van der Waals surface area contributed by atoms with Gasteiger partial charge in [0.1, 0.15) is 5.01 Å². The average molecular weight is 292 g/mol. The SMILES string of the molecule is CCC(CC)n1ccc(CNC(C)c2ncc(C)s2)n1. The smallest absolute Gasteiger partial charge is 0.109 e. The third-order valence-corrected chi connectivity index (χ3v) is 4.67. The van der Waals surface area contributed by atoms with E-state index in [1.165, 1.54) is 4.88 Å². The monoisotopic (exact) mass is 292 g/mol. The summed E-state index contributed by atoms with van der Waals surface area (Å²) in [5, 5.41) is 9.29. The van der Waals surface area contributed by atoms with Crippen LogP contribution in [0, 0.1) is 6.92 Å². The number of hydrogen-bond acceptors (Lipinski definition) is 4. The van der Waals surface area contributed by atoms with Crippen LogP contribution in [0.3, 0.4) is 0 Å². The number of thiazole rings is 1. The van der Waals surface area contributed by atoms with Crippen molar-refractivity contribution in [2.24, 2.45) is 0 Å². The van der Waals surface area contributed by atoms with Gasteiger partial charge in [0.2, 0.25) is 0 Å². The lowest BCUT2D eigenvalue weighted by Gasteiger charge is -2.13. The number of aryl methyl sites for hydroxylation is 1. The summed E-state index contributed by atoms with van der Waals surface area (Å²) in [6, 6.07) is 2.89. The van der Waals surface area contributed by atoms with E-state index in [2.05, 4.69) is 60.0 Å². The Morgan fingerprint density at radius 3 is 2.70 bits per heavy atom. The van der Waals surface area contributed by atoms with Crippen molar-refractivity contribution in [1.82, 2.24) is 20.1 Å². The first-order valence-electron chi connectivity index (χ1n) is 7.33. The Balaban J connectivity index is 1.91. The molecule has 0 radical (unpaired) electrons. The van der Waals surface area contributed by atoms with Gasteiger partial charge in [-0.2, -0.15) is 5.10 Å². The van der Waals surface area contributed by atoms with Crippen LogP contribution < -0.4 is 5.32 Å². The highest BCUT2D eigenvalue weighted by atomic mass is 32.1. The second-order valence-electron chi connectivity index (χ2n) is 5.17. The molecule has 110 valence electrons. The predicted octanol–water partition coefficient (Wildman–Crippen LogP) is 3.86. The van der Waals surface area contributed by atoms with Crippen molar-refractivity contribution in [2.45, 2.75) is 59.2 Å². The minimum atomic E-state index is 0.270. The molecular formula is C15H24N4S. The summed E-state index contributed by atoms with van der Waals surface area (Å²) in [6.45, 7) is 9.44. The zero-order valence-corrected chi connectivity index (χ0v) is 13.6. The van der Waals surface area contributed by atoms with Crippen molar-refractivity contribution < 1.29 is 0 Å². The largest absolute Gasteiger partial charge is 0.302 e. The Morgan fingerprint density at radius 2 is 2.10 bits per heavy atom. The van der Waals surface area contributed by atoms with Gasteiger partial charge in [-0.15, -0.1) is 11.3 Å². The molecule has 5 heteroatoms. The number of nitrogens with zero attached hydrogens (tertiary/aromatic N) is 3. The van der Waals surface area contributed by atoms with Crippen LogP contribution in [0.25, 0.3) is 0 Å². The fourth-order valence-corrected chi connectivity index (χ4v) is 3.06. The quantitative estimate of drug-likeness (QED) is 0.842. The fourth-order valence-electron chi connectivity index (χ4n) is 2.26. The number of nitrogens with one attached hydrogen (secondary N) is 1. The topological polar surface area (TPSA) is 42.7 Å². The molecule has 2 rings (SSSR count). The van der Waals surface area contributed by atoms with Gasteiger partial charge < -0.3 is 5.32 Å². The molecule has 0 fully saturated rings. The number of rotatable bonds is 7. The minimum absolute atomic E-state index is 0.270. The molecule has 0 aliphatic heterocycles. The molecule has 0 spiro atoms. The lowest BCUT2D eigenvalue weighted by molar-refractivity contribution is 0.423. The van der Waals surface area contributed by atoms with E-state index >= 15 is 0 Å². The van der Waals surface area contributed by atoms with Gasteiger partial charge in [-0.25, -0.2) is 4.98 Å². The van der Waals surface area contributed by atoms with Gasteiger partial charge in [0, 0.05) is 23.8 Å². The third-order valence-electron chi connectivity index (χ3n) is 3.58. The summed E-state index contributed by atoms with van der Waals surface area (Å²) in [5.41, 5.74) is 1.09. The van der Waals surface area contributed by atoms with Crippen LogP contribution in [0.4, 0.5) is 0 Å². The van der Waals surface area contributed by atoms with Gasteiger partial charge in [0.05, 0.1) is 17.8 Å². The summed E-state index contributed by atoms with van der Waals surface area (Å²) in [6.07, 6.45) is 6.27. The maximum Gasteiger partial charge on any atom is 0.109 e. The van der Waals surface area contributed by atoms with Crippen LogP contribution >= 0.6 is 11.3 Å². The molecule has 0 aromatic carbocycles. The summed E-state index contributed by atoms with van der Waals surface area (Å²) < 4.78 is 2.09. The van der Waals surface area contributed by atoms with Crippen molar-refractivity contribution in [3.05, 3.63) is 34.0 Å². The van der Waals surface area contributed by atoms with Crippen LogP contribution in [0.2, 0.25) is 0 Å². The van der Waals surface area contributed by atoms with Gasteiger partial charge in [-0.3, -0.25) is 4.68 Å². The Bertz CT molecular complexity index is 527. The van der Waals surface area contributed by atoms with E-state index in [0.29, 0.717) is 6.04 Å². The summed E-state index contributed by atoms with van der Waals surface area (Å²) in [5.74, 6) is 0. The molecule has 0 saturated heterocycles. The van der Waals surface area contributed by atoms with Gasteiger partial charge in [0.15, 0.2) is 0 Å². The predicted molar refractivity (Wildman–Crippen MR) is 84.0 cm³/mol. The zero-order valence-electron chi connectivity index (χ0n) is 12.8. The molecule has 0 saturated carbocycles. The Labute approximate surface area is 125 Å². The van der Waals surface area contributed by atoms with Gasteiger partial charge in [-0.05, 0) is 32.8 Å². The van der Waals surface area contributed by atoms with Crippen LogP contribution in [-0.4, -0.2) is 14.8 Å². The van der Waals surface area contributed by atoms with E-state index in [1.54, 1.807) is 11.3 Å². The van der Waals surface area contributed by atoms with E-state index in [1.807, 2.05) is 6.20 Å². The molecule has 1 N–H and O–H groups in total. The maximum absolute atomic E-state index is 4.66.